The van der Waals surface area contributed by atoms with E-state index in [1.807, 2.05) is 6.92 Å². The second-order valence-electron chi connectivity index (χ2n) is 6.44. The highest BCUT2D eigenvalue weighted by molar-refractivity contribution is 6.04. The van der Waals surface area contributed by atoms with Crippen LogP contribution in [0.2, 0.25) is 0 Å². The summed E-state index contributed by atoms with van der Waals surface area (Å²) in [5.74, 6) is -0.917. The summed E-state index contributed by atoms with van der Waals surface area (Å²) in [5.41, 5.74) is 0.218. The number of hydrogen-bond donors (Lipinski definition) is 2. The first-order chi connectivity index (χ1) is 13.0. The number of carbonyl (C=O) groups is 1. The summed E-state index contributed by atoms with van der Waals surface area (Å²) < 4.78 is 23.8. The van der Waals surface area contributed by atoms with Crippen LogP contribution in [0, 0.1) is 5.82 Å². The molecule has 27 heavy (non-hydrogen) atoms. The van der Waals surface area contributed by atoms with Gasteiger partial charge in [0, 0.05) is 12.7 Å². The van der Waals surface area contributed by atoms with Gasteiger partial charge in [0.25, 0.3) is 11.9 Å². The number of methoxy groups -OCH3 is 1. The fourth-order valence-corrected chi connectivity index (χ4v) is 2.64. The molecule has 0 aromatic heterocycles. The average molecular weight is 383 g/mol. The number of halogens is 1. The molecule has 1 rings (SSSR count). The number of nitrogens with one attached hydrogen (secondary N) is 2. The zero-order valence-corrected chi connectivity index (χ0v) is 16.9. The highest BCUT2D eigenvalue weighted by atomic mass is 19.1. The minimum absolute atomic E-state index is 0.00492. The monoisotopic (exact) mass is 382 g/mol. The van der Waals surface area contributed by atoms with E-state index in [1.165, 1.54) is 18.2 Å². The van der Waals surface area contributed by atoms with Crippen molar-refractivity contribution in [3.05, 3.63) is 35.6 Å². The maximum absolute atomic E-state index is 13.3. The Morgan fingerprint density at radius 3 is 2.67 bits per heavy atom. The van der Waals surface area contributed by atoms with Crippen molar-refractivity contribution in [1.82, 2.24) is 5.32 Å². The first-order valence-electron chi connectivity index (χ1n) is 9.60. The van der Waals surface area contributed by atoms with E-state index in [0.717, 1.165) is 32.5 Å². The number of amidine groups is 1. The van der Waals surface area contributed by atoms with Crippen LogP contribution in [-0.4, -0.2) is 57.9 Å². The smallest absolute Gasteiger partial charge is 0.292 e. The molecular weight excluding hydrogens is 349 g/mol. The Balaban J connectivity index is 2.68. The van der Waals surface area contributed by atoms with Crippen LogP contribution in [0.1, 0.15) is 44.0 Å². The Bertz CT molecular complexity index is 592. The second kappa shape index (κ2) is 13.2. The molecule has 0 spiro atoms. The zero-order valence-electron chi connectivity index (χ0n) is 16.9. The summed E-state index contributed by atoms with van der Waals surface area (Å²) >= 11 is 0. The van der Waals surface area contributed by atoms with Gasteiger partial charge in [0.15, 0.2) is 0 Å². The Morgan fingerprint density at radius 2 is 2.04 bits per heavy atom. The predicted octanol–water partition coefficient (Wildman–Crippen LogP) is 1.67. The summed E-state index contributed by atoms with van der Waals surface area (Å²) in [6.07, 6.45) is 1.95. The molecule has 2 N–H and O–H groups in total. The Labute approximate surface area is 161 Å². The molecular formula is C20H33FN3O3+. The number of benzene rings is 1. The maximum atomic E-state index is 13.3. The number of rotatable bonds is 11. The topological polar surface area (TPSA) is 64.4 Å². The summed E-state index contributed by atoms with van der Waals surface area (Å²) in [5, 5.41) is 2.63. The van der Waals surface area contributed by atoms with E-state index < -0.39 is 11.7 Å². The normalized spacial score (nSPS) is 12.9. The van der Waals surface area contributed by atoms with Crippen LogP contribution in [0.4, 0.5) is 4.39 Å². The maximum Gasteiger partial charge on any atom is 0.292 e. The second-order valence-corrected chi connectivity index (χ2v) is 6.44. The number of nitrogens with zero attached hydrogens (tertiary/aromatic N) is 1. The lowest BCUT2D eigenvalue weighted by molar-refractivity contribution is -0.896. The van der Waals surface area contributed by atoms with Crippen LogP contribution in [-0.2, 0) is 9.47 Å². The fraction of sp³-hybridized carbons (Fsp3) is 0.600. The molecule has 6 nitrogen and oxygen atoms in total. The molecule has 0 radical (unpaired) electrons. The van der Waals surface area contributed by atoms with Crippen LogP contribution < -0.4 is 10.2 Å². The van der Waals surface area contributed by atoms with Gasteiger partial charge in [-0.2, -0.15) is 0 Å². The van der Waals surface area contributed by atoms with Crippen LogP contribution in [0.5, 0.6) is 0 Å². The van der Waals surface area contributed by atoms with Crippen LogP contribution >= 0.6 is 0 Å². The third-order valence-corrected chi connectivity index (χ3v) is 4.32. The molecule has 0 aliphatic rings. The van der Waals surface area contributed by atoms with Gasteiger partial charge in [-0.3, -0.25) is 10.1 Å². The van der Waals surface area contributed by atoms with Crippen molar-refractivity contribution >= 4 is 11.9 Å². The van der Waals surface area contributed by atoms with E-state index in [-0.39, 0.29) is 24.2 Å². The number of amides is 1. The number of aliphatic imine (C=N–C) groups is 1. The van der Waals surface area contributed by atoms with E-state index in [1.54, 1.807) is 18.1 Å². The molecule has 0 bridgehead atoms. The SMILES string of the molecule is CC[NH+](CC)CCC[C@@H](C)N=C(NC(=O)c1cccc(F)c1)OCCOC. The zero-order chi connectivity index (χ0) is 20.1. The van der Waals surface area contributed by atoms with Gasteiger partial charge in [0.2, 0.25) is 0 Å². The minimum Gasteiger partial charge on any atom is -0.463 e. The van der Waals surface area contributed by atoms with Crippen LogP contribution in [0.25, 0.3) is 0 Å². The largest absolute Gasteiger partial charge is 0.463 e. The molecule has 152 valence electrons. The number of quaternary nitrogens is 1. The fourth-order valence-electron chi connectivity index (χ4n) is 2.64. The van der Waals surface area contributed by atoms with Crippen molar-refractivity contribution in [3.63, 3.8) is 0 Å². The van der Waals surface area contributed by atoms with Crippen molar-refractivity contribution in [2.45, 2.75) is 39.7 Å². The molecule has 7 heteroatoms. The van der Waals surface area contributed by atoms with E-state index in [4.69, 9.17) is 9.47 Å². The first kappa shape index (κ1) is 23.0. The molecule has 1 aromatic rings. The summed E-state index contributed by atoms with van der Waals surface area (Å²) in [6, 6.07) is 5.65. The Hall–Kier alpha value is -1.99. The number of hydrogen-bond acceptors (Lipinski definition) is 4. The molecule has 0 aliphatic heterocycles. The van der Waals surface area contributed by atoms with Gasteiger partial charge in [0.05, 0.1) is 32.3 Å². The standard InChI is InChI=1S/C20H32FN3O3/c1-5-24(6-2)12-8-9-16(3)22-20(27-14-13-26-4)23-19(25)17-10-7-11-18(21)15-17/h7,10-11,15-16H,5-6,8-9,12-14H2,1-4H3,(H,22,23,25)/p+1/t16-/m1/s1. The van der Waals surface area contributed by atoms with E-state index in [0.29, 0.717) is 6.61 Å². The Kier molecular flexibility index (Phi) is 11.3. The molecule has 0 heterocycles. The number of carbonyl (C=O) groups excluding carboxylic acids is 1. The van der Waals surface area contributed by atoms with Crippen molar-refractivity contribution in [2.24, 2.45) is 4.99 Å². The van der Waals surface area contributed by atoms with Gasteiger partial charge in [0.1, 0.15) is 12.4 Å². The predicted molar refractivity (Wildman–Crippen MR) is 105 cm³/mol. The van der Waals surface area contributed by atoms with Crippen molar-refractivity contribution in [2.75, 3.05) is 40.0 Å². The quantitative estimate of drug-likeness (QED) is 0.348. The third-order valence-electron chi connectivity index (χ3n) is 4.32. The van der Waals surface area contributed by atoms with E-state index >= 15 is 0 Å². The van der Waals surface area contributed by atoms with Gasteiger partial charge in [-0.05, 0) is 51.8 Å². The summed E-state index contributed by atoms with van der Waals surface area (Å²) in [7, 11) is 1.57. The van der Waals surface area contributed by atoms with E-state index in [9.17, 15) is 9.18 Å². The highest BCUT2D eigenvalue weighted by Crippen LogP contribution is 2.05. The lowest BCUT2D eigenvalue weighted by Crippen LogP contribution is -3.11. The summed E-state index contributed by atoms with van der Waals surface area (Å²) in [6.45, 7) is 10.3. The van der Waals surface area contributed by atoms with Crippen LogP contribution in [0.3, 0.4) is 0 Å². The van der Waals surface area contributed by atoms with Gasteiger partial charge < -0.3 is 14.4 Å². The molecule has 1 amide bonds. The summed E-state index contributed by atoms with van der Waals surface area (Å²) in [4.78, 5) is 18.4. The van der Waals surface area contributed by atoms with Crippen molar-refractivity contribution in [3.8, 4) is 0 Å². The minimum atomic E-state index is -0.464. The third kappa shape index (κ3) is 9.49. The van der Waals surface area contributed by atoms with Gasteiger partial charge in [-0.25, -0.2) is 9.38 Å². The number of ether oxygens (including phenoxy) is 2. The molecule has 0 aliphatic carbocycles. The van der Waals surface area contributed by atoms with E-state index in [2.05, 4.69) is 24.2 Å². The highest BCUT2D eigenvalue weighted by Gasteiger charge is 2.13. The molecule has 0 unspecified atom stereocenters. The molecule has 1 atom stereocenters. The van der Waals surface area contributed by atoms with Crippen molar-refractivity contribution in [1.29, 1.82) is 0 Å². The Morgan fingerprint density at radius 1 is 1.30 bits per heavy atom. The van der Waals surface area contributed by atoms with Gasteiger partial charge in [-0.1, -0.05) is 6.07 Å². The lowest BCUT2D eigenvalue weighted by Gasteiger charge is -2.16. The molecule has 0 saturated heterocycles. The van der Waals surface area contributed by atoms with Crippen LogP contribution in [0.15, 0.2) is 29.3 Å². The van der Waals surface area contributed by atoms with Gasteiger partial charge >= 0.3 is 0 Å². The molecule has 0 saturated carbocycles. The molecule has 1 aromatic carbocycles. The van der Waals surface area contributed by atoms with Gasteiger partial charge in [-0.15, -0.1) is 0 Å². The average Bonchev–Trinajstić information content (AvgIpc) is 2.65. The lowest BCUT2D eigenvalue weighted by atomic mass is 10.2. The van der Waals surface area contributed by atoms with Crippen molar-refractivity contribution < 1.29 is 23.6 Å². The first-order valence-corrected chi connectivity index (χ1v) is 9.60. The molecule has 0 fully saturated rings.